The van der Waals surface area contributed by atoms with Crippen molar-refractivity contribution < 1.29 is 9.53 Å². The molecular weight excluding hydrogens is 180 g/mol. The quantitative estimate of drug-likeness (QED) is 0.621. The van der Waals surface area contributed by atoms with Crippen LogP contribution in [-0.2, 0) is 9.53 Å². The van der Waals surface area contributed by atoms with Crippen molar-refractivity contribution in [2.75, 3.05) is 32.8 Å². The maximum atomic E-state index is 10.5. The Labute approximate surface area is 85.4 Å². The van der Waals surface area contributed by atoms with Gasteiger partial charge in [-0.1, -0.05) is 0 Å². The van der Waals surface area contributed by atoms with Gasteiger partial charge in [0.15, 0.2) is 0 Å². The van der Waals surface area contributed by atoms with E-state index in [0.29, 0.717) is 12.5 Å². The van der Waals surface area contributed by atoms with Gasteiger partial charge >= 0.3 is 0 Å². The predicted octanol–water partition coefficient (Wildman–Crippen LogP) is 0.139. The van der Waals surface area contributed by atoms with E-state index >= 15 is 0 Å². The lowest BCUT2D eigenvalue weighted by Gasteiger charge is -2.22. The molecule has 1 unspecified atom stereocenters. The lowest BCUT2D eigenvalue weighted by atomic mass is 10.0. The minimum absolute atomic E-state index is 0.0350. The lowest BCUT2D eigenvalue weighted by molar-refractivity contribution is -0.118. The summed E-state index contributed by atoms with van der Waals surface area (Å²) in [4.78, 5) is 10.5. The van der Waals surface area contributed by atoms with Crippen LogP contribution in [0.15, 0.2) is 0 Å². The Morgan fingerprint density at radius 2 is 2.36 bits per heavy atom. The van der Waals surface area contributed by atoms with Gasteiger partial charge in [0.05, 0.1) is 6.61 Å². The zero-order valence-electron chi connectivity index (χ0n) is 8.84. The van der Waals surface area contributed by atoms with Crippen LogP contribution < -0.4 is 10.6 Å². The SMILES string of the molecule is CC(=O)NCCNCC1CCCOC1. The first-order chi connectivity index (χ1) is 6.79. The van der Waals surface area contributed by atoms with Crippen molar-refractivity contribution in [1.29, 1.82) is 0 Å². The molecule has 1 saturated heterocycles. The molecule has 14 heavy (non-hydrogen) atoms. The lowest BCUT2D eigenvalue weighted by Crippen LogP contribution is -2.34. The summed E-state index contributed by atoms with van der Waals surface area (Å²) in [5, 5.41) is 6.07. The van der Waals surface area contributed by atoms with Crippen LogP contribution in [0.3, 0.4) is 0 Å². The summed E-state index contributed by atoms with van der Waals surface area (Å²) in [7, 11) is 0. The van der Waals surface area contributed by atoms with Gasteiger partial charge in [0.1, 0.15) is 0 Å². The molecule has 0 aromatic heterocycles. The van der Waals surface area contributed by atoms with E-state index in [0.717, 1.165) is 26.3 Å². The first-order valence-corrected chi connectivity index (χ1v) is 5.32. The summed E-state index contributed by atoms with van der Waals surface area (Å²) in [6.07, 6.45) is 2.44. The van der Waals surface area contributed by atoms with Crippen LogP contribution in [-0.4, -0.2) is 38.8 Å². The summed E-state index contributed by atoms with van der Waals surface area (Å²) in [5.41, 5.74) is 0. The Hall–Kier alpha value is -0.610. The van der Waals surface area contributed by atoms with Crippen LogP contribution in [0.5, 0.6) is 0 Å². The Kier molecular flexibility index (Phi) is 5.56. The average Bonchev–Trinajstić information content (AvgIpc) is 2.18. The molecule has 0 bridgehead atoms. The van der Waals surface area contributed by atoms with Gasteiger partial charge in [-0.2, -0.15) is 0 Å². The summed E-state index contributed by atoms with van der Waals surface area (Å²) >= 11 is 0. The number of amides is 1. The maximum absolute atomic E-state index is 10.5. The van der Waals surface area contributed by atoms with E-state index in [2.05, 4.69) is 10.6 Å². The fourth-order valence-corrected chi connectivity index (χ4v) is 1.60. The first kappa shape index (κ1) is 11.5. The molecule has 0 aromatic rings. The molecule has 0 saturated carbocycles. The zero-order chi connectivity index (χ0) is 10.2. The Balaban J connectivity index is 1.90. The minimum Gasteiger partial charge on any atom is -0.381 e. The number of rotatable bonds is 5. The van der Waals surface area contributed by atoms with Crippen LogP contribution in [0.4, 0.5) is 0 Å². The highest BCUT2D eigenvalue weighted by molar-refractivity contribution is 5.72. The van der Waals surface area contributed by atoms with Crippen molar-refractivity contribution in [3.8, 4) is 0 Å². The van der Waals surface area contributed by atoms with E-state index in [9.17, 15) is 4.79 Å². The molecule has 1 rings (SSSR count). The molecule has 4 nitrogen and oxygen atoms in total. The van der Waals surface area contributed by atoms with Crippen LogP contribution in [0, 0.1) is 5.92 Å². The van der Waals surface area contributed by atoms with Gasteiger partial charge in [-0.05, 0) is 18.8 Å². The number of ether oxygens (including phenoxy) is 1. The predicted molar refractivity (Wildman–Crippen MR) is 55.1 cm³/mol. The Morgan fingerprint density at radius 1 is 1.50 bits per heavy atom. The fourth-order valence-electron chi connectivity index (χ4n) is 1.60. The Morgan fingerprint density at radius 3 is 3.00 bits per heavy atom. The third-order valence-corrected chi connectivity index (χ3v) is 2.36. The van der Waals surface area contributed by atoms with Crippen molar-refractivity contribution in [1.82, 2.24) is 10.6 Å². The zero-order valence-corrected chi connectivity index (χ0v) is 8.84. The maximum Gasteiger partial charge on any atom is 0.216 e. The molecule has 1 fully saturated rings. The monoisotopic (exact) mass is 200 g/mol. The third kappa shape index (κ3) is 5.19. The molecule has 1 aliphatic heterocycles. The van der Waals surface area contributed by atoms with E-state index in [4.69, 9.17) is 4.74 Å². The highest BCUT2D eigenvalue weighted by Crippen LogP contribution is 2.11. The number of carbonyl (C=O) groups is 1. The number of nitrogens with one attached hydrogen (secondary N) is 2. The van der Waals surface area contributed by atoms with Gasteiger partial charge in [0.2, 0.25) is 5.91 Å². The highest BCUT2D eigenvalue weighted by Gasteiger charge is 2.12. The summed E-state index contributed by atoms with van der Waals surface area (Å²) in [6.45, 7) is 5.89. The van der Waals surface area contributed by atoms with Crippen LogP contribution >= 0.6 is 0 Å². The van der Waals surface area contributed by atoms with Gasteiger partial charge in [0.25, 0.3) is 0 Å². The molecule has 82 valence electrons. The first-order valence-electron chi connectivity index (χ1n) is 5.32. The van der Waals surface area contributed by atoms with Crippen molar-refractivity contribution in [3.63, 3.8) is 0 Å². The van der Waals surface area contributed by atoms with Crippen LogP contribution in [0.25, 0.3) is 0 Å². The standard InChI is InChI=1S/C10H20N2O2/c1-9(13)12-5-4-11-7-10-3-2-6-14-8-10/h10-11H,2-8H2,1H3,(H,12,13). The van der Waals surface area contributed by atoms with Crippen molar-refractivity contribution >= 4 is 5.91 Å². The number of carbonyl (C=O) groups excluding carboxylic acids is 1. The molecule has 0 aromatic carbocycles. The normalized spacial score (nSPS) is 21.9. The molecule has 1 amide bonds. The second kappa shape index (κ2) is 6.79. The Bertz CT molecular complexity index is 168. The smallest absolute Gasteiger partial charge is 0.216 e. The van der Waals surface area contributed by atoms with Gasteiger partial charge in [-0.3, -0.25) is 4.79 Å². The molecular formula is C10H20N2O2. The second-order valence-corrected chi connectivity index (χ2v) is 3.77. The molecule has 4 heteroatoms. The molecule has 1 atom stereocenters. The van der Waals surface area contributed by atoms with E-state index in [1.807, 2.05) is 0 Å². The van der Waals surface area contributed by atoms with Crippen LogP contribution in [0.2, 0.25) is 0 Å². The van der Waals surface area contributed by atoms with E-state index in [1.54, 1.807) is 0 Å². The third-order valence-electron chi connectivity index (χ3n) is 2.36. The number of hydrogen-bond acceptors (Lipinski definition) is 3. The van der Waals surface area contributed by atoms with Crippen molar-refractivity contribution in [2.45, 2.75) is 19.8 Å². The molecule has 0 spiro atoms. The van der Waals surface area contributed by atoms with Gasteiger partial charge in [-0.15, -0.1) is 0 Å². The van der Waals surface area contributed by atoms with Crippen molar-refractivity contribution in [3.05, 3.63) is 0 Å². The minimum atomic E-state index is 0.0350. The molecule has 1 aliphatic rings. The molecule has 0 radical (unpaired) electrons. The summed E-state index contributed by atoms with van der Waals surface area (Å²) < 4.78 is 5.37. The topological polar surface area (TPSA) is 50.4 Å². The molecule has 1 heterocycles. The largest absolute Gasteiger partial charge is 0.381 e. The average molecular weight is 200 g/mol. The summed E-state index contributed by atoms with van der Waals surface area (Å²) in [6, 6.07) is 0. The second-order valence-electron chi connectivity index (χ2n) is 3.77. The van der Waals surface area contributed by atoms with Gasteiger partial charge in [-0.25, -0.2) is 0 Å². The van der Waals surface area contributed by atoms with Crippen LogP contribution in [0.1, 0.15) is 19.8 Å². The van der Waals surface area contributed by atoms with E-state index in [1.165, 1.54) is 19.8 Å². The fraction of sp³-hybridized carbons (Fsp3) is 0.900. The van der Waals surface area contributed by atoms with Gasteiger partial charge < -0.3 is 15.4 Å². The van der Waals surface area contributed by atoms with Crippen molar-refractivity contribution in [2.24, 2.45) is 5.92 Å². The summed E-state index contributed by atoms with van der Waals surface area (Å²) in [5.74, 6) is 0.689. The molecule has 0 aliphatic carbocycles. The molecule has 2 N–H and O–H groups in total. The van der Waals surface area contributed by atoms with E-state index in [-0.39, 0.29) is 5.91 Å². The van der Waals surface area contributed by atoms with Gasteiger partial charge in [0, 0.05) is 33.2 Å². The number of hydrogen-bond donors (Lipinski definition) is 2. The van der Waals surface area contributed by atoms with E-state index < -0.39 is 0 Å². The highest BCUT2D eigenvalue weighted by atomic mass is 16.5.